The Morgan fingerprint density at radius 1 is 1.33 bits per heavy atom. The smallest absolute Gasteiger partial charge is 0.170 e. The lowest BCUT2D eigenvalue weighted by molar-refractivity contribution is 0.296. The van der Waals surface area contributed by atoms with Gasteiger partial charge in [-0.3, -0.25) is 4.98 Å². The highest BCUT2D eigenvalue weighted by molar-refractivity contribution is 9.11. The molecule has 2 atom stereocenters. The van der Waals surface area contributed by atoms with Crippen molar-refractivity contribution in [2.75, 3.05) is 27.2 Å². The quantitative estimate of drug-likeness (QED) is 0.712. The second-order valence-corrected chi connectivity index (χ2v) is 9.00. The Labute approximate surface area is 161 Å². The number of aromatic nitrogens is 1. The van der Waals surface area contributed by atoms with Crippen LogP contribution in [0, 0.1) is 0 Å². The molecule has 2 aromatic rings. The van der Waals surface area contributed by atoms with Gasteiger partial charge in [-0.25, -0.2) is 0 Å². The van der Waals surface area contributed by atoms with E-state index < -0.39 is 0 Å². The number of hydrogen-bond donors (Lipinski definition) is 1. The van der Waals surface area contributed by atoms with Gasteiger partial charge in [0.15, 0.2) is 5.11 Å². The van der Waals surface area contributed by atoms with E-state index in [9.17, 15) is 0 Å². The Morgan fingerprint density at radius 3 is 2.79 bits per heavy atom. The summed E-state index contributed by atoms with van der Waals surface area (Å²) in [6.07, 6.45) is 2.92. The van der Waals surface area contributed by atoms with Gasteiger partial charge < -0.3 is 15.1 Å². The Balaban J connectivity index is 1.88. The maximum atomic E-state index is 5.65. The largest absolute Gasteiger partial charge is 0.352 e. The van der Waals surface area contributed by atoms with Crippen LogP contribution in [0.4, 0.5) is 0 Å². The third kappa shape index (κ3) is 3.96. The Hall–Kier alpha value is -1.02. The molecule has 0 saturated carbocycles. The van der Waals surface area contributed by atoms with E-state index in [0.717, 1.165) is 34.1 Å². The molecule has 2 aromatic heterocycles. The number of nitrogens with zero attached hydrogens (tertiary/aromatic N) is 3. The van der Waals surface area contributed by atoms with Gasteiger partial charge in [-0.1, -0.05) is 6.07 Å². The molecule has 3 heterocycles. The highest BCUT2D eigenvalue weighted by Gasteiger charge is 2.40. The summed E-state index contributed by atoms with van der Waals surface area (Å²) in [4.78, 5) is 10.4. The molecule has 0 spiro atoms. The molecule has 24 heavy (non-hydrogen) atoms. The molecular formula is C17H21BrN4S2. The van der Waals surface area contributed by atoms with Crippen LogP contribution in [0.15, 0.2) is 40.3 Å². The minimum absolute atomic E-state index is 0.0867. The van der Waals surface area contributed by atoms with Crippen molar-refractivity contribution in [1.29, 1.82) is 0 Å². The van der Waals surface area contributed by atoms with Gasteiger partial charge in [-0.15, -0.1) is 11.3 Å². The van der Waals surface area contributed by atoms with Crippen molar-refractivity contribution in [2.45, 2.75) is 18.5 Å². The zero-order valence-electron chi connectivity index (χ0n) is 13.8. The summed E-state index contributed by atoms with van der Waals surface area (Å²) >= 11 is 11.0. The van der Waals surface area contributed by atoms with Crippen molar-refractivity contribution in [1.82, 2.24) is 20.1 Å². The number of nitrogens with one attached hydrogen (secondary N) is 1. The predicted molar refractivity (Wildman–Crippen MR) is 107 cm³/mol. The molecule has 1 saturated heterocycles. The third-order valence-electron chi connectivity index (χ3n) is 4.09. The lowest BCUT2D eigenvalue weighted by Gasteiger charge is -2.27. The van der Waals surface area contributed by atoms with Crippen LogP contribution in [-0.4, -0.2) is 47.1 Å². The van der Waals surface area contributed by atoms with Gasteiger partial charge in [0.2, 0.25) is 0 Å². The maximum absolute atomic E-state index is 5.65. The van der Waals surface area contributed by atoms with Gasteiger partial charge in [-0.2, -0.15) is 0 Å². The van der Waals surface area contributed by atoms with Crippen LogP contribution in [0.1, 0.15) is 29.1 Å². The van der Waals surface area contributed by atoms with Crippen LogP contribution < -0.4 is 5.32 Å². The molecule has 0 radical (unpaired) electrons. The molecule has 0 aliphatic carbocycles. The standard InChI is InChI=1S/C17H21BrN4S2/c1-21(2)10-5-11-22-16(13-7-8-14(18)24-13)15(20-17(22)23)12-6-3-4-9-19-12/h3-4,6-9,15-16H,5,10-11H2,1-2H3,(H,20,23)/t15-,16-/m0/s1. The molecule has 4 nitrogen and oxygen atoms in total. The molecule has 1 fully saturated rings. The lowest BCUT2D eigenvalue weighted by Crippen LogP contribution is -2.32. The maximum Gasteiger partial charge on any atom is 0.170 e. The van der Waals surface area contributed by atoms with E-state index in [1.54, 1.807) is 11.3 Å². The number of thiocarbonyl (C=S) groups is 1. The van der Waals surface area contributed by atoms with Crippen LogP contribution in [0.3, 0.4) is 0 Å². The SMILES string of the molecule is CN(C)CCCN1C(=S)N[C@@H](c2ccccn2)[C@@H]1c1ccc(Br)s1. The van der Waals surface area contributed by atoms with Crippen molar-refractivity contribution >= 4 is 44.6 Å². The Bertz CT molecular complexity index is 689. The molecule has 7 heteroatoms. The molecule has 1 N–H and O–H groups in total. The van der Waals surface area contributed by atoms with E-state index >= 15 is 0 Å². The second-order valence-electron chi connectivity index (χ2n) is 6.12. The zero-order chi connectivity index (χ0) is 17.1. The van der Waals surface area contributed by atoms with E-state index in [-0.39, 0.29) is 12.1 Å². The van der Waals surface area contributed by atoms with Crippen molar-refractivity contribution in [3.63, 3.8) is 0 Å². The molecule has 0 unspecified atom stereocenters. The van der Waals surface area contributed by atoms with Crippen molar-refractivity contribution in [3.8, 4) is 0 Å². The van der Waals surface area contributed by atoms with Gasteiger partial charge in [0.05, 0.1) is 21.6 Å². The second kappa shape index (κ2) is 7.91. The fourth-order valence-corrected chi connectivity index (χ4v) is 4.91. The summed E-state index contributed by atoms with van der Waals surface area (Å²) in [5.74, 6) is 0. The number of thiophene rings is 1. The van der Waals surface area contributed by atoms with Crippen molar-refractivity contribution < 1.29 is 0 Å². The number of pyridine rings is 1. The normalized spacial score (nSPS) is 20.7. The van der Waals surface area contributed by atoms with Crippen LogP contribution in [0.2, 0.25) is 0 Å². The van der Waals surface area contributed by atoms with Gasteiger partial charge in [0.25, 0.3) is 0 Å². The van der Waals surface area contributed by atoms with E-state index in [1.807, 2.05) is 18.3 Å². The molecular weight excluding hydrogens is 404 g/mol. The fraction of sp³-hybridized carbons (Fsp3) is 0.412. The van der Waals surface area contributed by atoms with Crippen LogP contribution >= 0.6 is 39.5 Å². The van der Waals surface area contributed by atoms with Gasteiger partial charge >= 0.3 is 0 Å². The summed E-state index contributed by atoms with van der Waals surface area (Å²) < 4.78 is 1.14. The average Bonchev–Trinajstić information content (AvgIpc) is 3.12. The summed E-state index contributed by atoms with van der Waals surface area (Å²) in [7, 11) is 4.20. The molecule has 3 rings (SSSR count). The fourth-order valence-electron chi connectivity index (χ4n) is 3.00. The van der Waals surface area contributed by atoms with Crippen molar-refractivity contribution in [3.05, 3.63) is 50.9 Å². The molecule has 128 valence electrons. The number of halogens is 1. The summed E-state index contributed by atoms with van der Waals surface area (Å²) in [6.45, 7) is 1.99. The van der Waals surface area contributed by atoms with E-state index in [4.69, 9.17) is 12.2 Å². The average molecular weight is 425 g/mol. The van der Waals surface area contributed by atoms with Gasteiger partial charge in [0, 0.05) is 17.6 Å². The molecule has 0 amide bonds. The van der Waals surface area contributed by atoms with Crippen LogP contribution in [-0.2, 0) is 0 Å². The zero-order valence-corrected chi connectivity index (χ0v) is 17.0. The minimum Gasteiger partial charge on any atom is -0.352 e. The first-order valence-electron chi connectivity index (χ1n) is 7.94. The minimum atomic E-state index is 0.0867. The number of rotatable bonds is 6. The molecule has 0 bridgehead atoms. The summed E-state index contributed by atoms with van der Waals surface area (Å²) in [5.41, 5.74) is 1.03. The van der Waals surface area contributed by atoms with E-state index in [2.05, 4.69) is 68.3 Å². The van der Waals surface area contributed by atoms with Gasteiger partial charge in [-0.05, 0) is 79.5 Å². The van der Waals surface area contributed by atoms with Crippen LogP contribution in [0.25, 0.3) is 0 Å². The van der Waals surface area contributed by atoms with E-state index in [0.29, 0.717) is 0 Å². The number of hydrogen-bond acceptors (Lipinski definition) is 4. The summed E-state index contributed by atoms with van der Waals surface area (Å²) in [6, 6.07) is 10.6. The Morgan fingerprint density at radius 2 is 2.17 bits per heavy atom. The highest BCUT2D eigenvalue weighted by Crippen LogP contribution is 2.42. The Kier molecular flexibility index (Phi) is 5.86. The third-order valence-corrected chi connectivity index (χ3v) is 6.13. The first-order valence-corrected chi connectivity index (χ1v) is 9.96. The van der Waals surface area contributed by atoms with Gasteiger partial charge in [0.1, 0.15) is 0 Å². The molecule has 1 aliphatic heterocycles. The molecule has 1 aliphatic rings. The van der Waals surface area contributed by atoms with Crippen LogP contribution in [0.5, 0.6) is 0 Å². The topological polar surface area (TPSA) is 31.4 Å². The monoisotopic (exact) mass is 424 g/mol. The highest BCUT2D eigenvalue weighted by atomic mass is 79.9. The predicted octanol–water partition coefficient (Wildman–Crippen LogP) is 3.83. The first kappa shape index (κ1) is 17.8. The summed E-state index contributed by atoms with van der Waals surface area (Å²) in [5, 5.41) is 4.31. The van der Waals surface area contributed by atoms with E-state index in [1.165, 1.54) is 4.88 Å². The van der Waals surface area contributed by atoms with Crippen molar-refractivity contribution in [2.24, 2.45) is 0 Å². The lowest BCUT2D eigenvalue weighted by atomic mass is 10.0. The molecule has 0 aromatic carbocycles. The first-order chi connectivity index (χ1) is 11.6.